The molecule has 9 heteroatoms. The number of nitrogens with zero attached hydrogens (tertiary/aromatic N) is 4. The maximum absolute atomic E-state index is 13.3. The largest absolute Gasteiger partial charge is 0.346 e. The van der Waals surface area contributed by atoms with Crippen LogP contribution in [0.1, 0.15) is 18.1 Å². The van der Waals surface area contributed by atoms with E-state index in [0.717, 1.165) is 16.8 Å². The highest BCUT2D eigenvalue weighted by Gasteiger charge is 2.32. The number of fused-ring (bicyclic) bond motifs is 1. The molecule has 1 unspecified atom stereocenters. The minimum absolute atomic E-state index is 0.0534. The number of halogens is 1. The number of rotatable bonds is 2. The number of benzodiazepines with no additional fused rings is 1. The first kappa shape index (κ1) is 22.2. The van der Waals surface area contributed by atoms with Crippen LogP contribution in [0, 0.1) is 0 Å². The maximum atomic E-state index is 13.3. The fourth-order valence-corrected chi connectivity index (χ4v) is 4.37. The molecule has 2 aromatic carbocycles. The molecule has 1 atom stereocenters. The van der Waals surface area contributed by atoms with Crippen LogP contribution >= 0.6 is 23.8 Å². The number of anilines is 1. The third-order valence-corrected chi connectivity index (χ3v) is 6.33. The number of likely N-dealkylation sites (N-methyl/N-ethyl adjacent to an activating group) is 1. The minimum atomic E-state index is -0.889. The highest BCUT2D eigenvalue weighted by Crippen LogP contribution is 2.29. The zero-order valence-corrected chi connectivity index (χ0v) is 19.5. The number of carbonyl (C=O) groups excluding carboxylic acids is 2. The molecular weight excluding hydrogens is 446 g/mol. The normalized spacial score (nSPS) is 18.6. The number of thiocarbonyl (C=S) groups is 1. The Morgan fingerprint density at radius 2 is 1.75 bits per heavy atom. The summed E-state index contributed by atoms with van der Waals surface area (Å²) in [6.07, 6.45) is -0.889. The fourth-order valence-electron chi connectivity index (χ4n) is 3.90. The molecule has 0 aromatic heterocycles. The molecule has 2 aliphatic rings. The van der Waals surface area contributed by atoms with E-state index in [1.807, 2.05) is 47.4 Å². The van der Waals surface area contributed by atoms with E-state index in [1.54, 1.807) is 29.8 Å². The van der Waals surface area contributed by atoms with Crippen molar-refractivity contribution < 1.29 is 9.59 Å². The lowest BCUT2D eigenvalue weighted by molar-refractivity contribution is -0.130. The van der Waals surface area contributed by atoms with Gasteiger partial charge < -0.3 is 20.0 Å². The van der Waals surface area contributed by atoms with Crippen LogP contribution < -0.4 is 10.2 Å². The van der Waals surface area contributed by atoms with Crippen molar-refractivity contribution in [2.45, 2.75) is 13.1 Å². The predicted octanol–water partition coefficient (Wildman–Crippen LogP) is 2.52. The quantitative estimate of drug-likeness (QED) is 0.684. The summed E-state index contributed by atoms with van der Waals surface area (Å²) < 4.78 is 0. The van der Waals surface area contributed by atoms with Crippen molar-refractivity contribution in [3.63, 3.8) is 0 Å². The SMILES string of the molecule is CC(=O)N1CCN(C(=S)NC2N=C(c3ccccc3)c3cc(Cl)ccc3N(C)C2=O)CC1. The summed E-state index contributed by atoms with van der Waals surface area (Å²) >= 11 is 11.9. The summed E-state index contributed by atoms with van der Waals surface area (Å²) in [6.45, 7) is 3.97. The number of nitrogens with one attached hydrogen (secondary N) is 1. The molecule has 7 nitrogen and oxygen atoms in total. The number of aliphatic imine (C=N–C) groups is 1. The van der Waals surface area contributed by atoms with Gasteiger partial charge in [-0.1, -0.05) is 41.9 Å². The van der Waals surface area contributed by atoms with Crippen LogP contribution in [0.5, 0.6) is 0 Å². The molecule has 0 saturated carbocycles. The molecule has 0 aliphatic carbocycles. The van der Waals surface area contributed by atoms with Crippen molar-refractivity contribution in [3.05, 3.63) is 64.7 Å². The summed E-state index contributed by atoms with van der Waals surface area (Å²) in [5, 5.41) is 4.16. The second-order valence-corrected chi connectivity index (χ2v) is 8.57. The molecule has 0 spiro atoms. The molecule has 32 heavy (non-hydrogen) atoms. The molecule has 2 heterocycles. The lowest BCUT2D eigenvalue weighted by Gasteiger charge is -2.36. The number of piperazine rings is 1. The lowest BCUT2D eigenvalue weighted by Crippen LogP contribution is -2.56. The first-order valence-electron chi connectivity index (χ1n) is 10.4. The van der Waals surface area contributed by atoms with Crippen LogP contribution in [-0.2, 0) is 9.59 Å². The third-order valence-electron chi connectivity index (χ3n) is 5.72. The Labute approximate surface area is 197 Å². The highest BCUT2D eigenvalue weighted by atomic mass is 35.5. The minimum Gasteiger partial charge on any atom is -0.346 e. The van der Waals surface area contributed by atoms with Crippen molar-refractivity contribution in [2.75, 3.05) is 38.1 Å². The van der Waals surface area contributed by atoms with Gasteiger partial charge in [0.25, 0.3) is 5.91 Å². The number of hydrogen-bond donors (Lipinski definition) is 1. The summed E-state index contributed by atoms with van der Waals surface area (Å²) in [7, 11) is 1.72. The first-order valence-corrected chi connectivity index (χ1v) is 11.2. The third kappa shape index (κ3) is 4.47. The molecule has 2 amide bonds. The van der Waals surface area contributed by atoms with Crippen LogP contribution in [0.2, 0.25) is 5.02 Å². The molecule has 1 fully saturated rings. The Morgan fingerprint density at radius 3 is 2.41 bits per heavy atom. The molecule has 166 valence electrons. The Morgan fingerprint density at radius 1 is 1.09 bits per heavy atom. The van der Waals surface area contributed by atoms with Crippen molar-refractivity contribution >= 4 is 52.1 Å². The number of amides is 2. The standard InChI is InChI=1S/C23H24ClN5O2S/c1-15(30)28-10-12-29(13-11-28)23(32)26-21-22(31)27(2)19-9-8-17(24)14-18(19)20(25-21)16-6-4-3-5-7-16/h3-9,14,21H,10-13H2,1-2H3,(H,26,32). The smallest absolute Gasteiger partial charge is 0.272 e. The van der Waals surface area contributed by atoms with E-state index in [4.69, 9.17) is 28.8 Å². The topological polar surface area (TPSA) is 68.2 Å². The summed E-state index contributed by atoms with van der Waals surface area (Å²) in [5.74, 6) is -0.165. The molecule has 4 rings (SSSR count). The Balaban J connectivity index is 1.65. The van der Waals surface area contributed by atoms with Crippen LogP contribution in [0.3, 0.4) is 0 Å². The van der Waals surface area contributed by atoms with E-state index in [2.05, 4.69) is 5.32 Å². The Bertz CT molecular complexity index is 1080. The molecule has 1 N–H and O–H groups in total. The fraction of sp³-hybridized carbons (Fsp3) is 0.304. The van der Waals surface area contributed by atoms with Gasteiger partial charge in [-0.2, -0.15) is 0 Å². The second-order valence-electron chi connectivity index (χ2n) is 7.75. The van der Waals surface area contributed by atoms with Gasteiger partial charge >= 0.3 is 0 Å². The summed E-state index contributed by atoms with van der Waals surface area (Å²) in [4.78, 5) is 35.1. The van der Waals surface area contributed by atoms with Gasteiger partial charge in [0.1, 0.15) is 0 Å². The van der Waals surface area contributed by atoms with Gasteiger partial charge in [-0.15, -0.1) is 0 Å². The molecular formula is C23H24ClN5O2S. The van der Waals surface area contributed by atoms with Crippen LogP contribution in [0.15, 0.2) is 53.5 Å². The first-order chi connectivity index (χ1) is 15.3. The number of benzene rings is 2. The van der Waals surface area contributed by atoms with Crippen molar-refractivity contribution in [3.8, 4) is 0 Å². The Hall–Kier alpha value is -2.97. The molecule has 2 aromatic rings. The zero-order valence-electron chi connectivity index (χ0n) is 17.9. The van der Waals surface area contributed by atoms with Gasteiger partial charge in [0, 0.05) is 56.3 Å². The average Bonchev–Trinajstić information content (AvgIpc) is 2.90. The maximum Gasteiger partial charge on any atom is 0.272 e. The van der Waals surface area contributed by atoms with Crippen molar-refractivity contribution in [2.24, 2.45) is 4.99 Å². The van der Waals surface area contributed by atoms with E-state index in [9.17, 15) is 9.59 Å². The van der Waals surface area contributed by atoms with Gasteiger partial charge in [0.05, 0.1) is 11.4 Å². The monoisotopic (exact) mass is 469 g/mol. The van der Waals surface area contributed by atoms with E-state index >= 15 is 0 Å². The number of carbonyl (C=O) groups is 2. The highest BCUT2D eigenvalue weighted by molar-refractivity contribution is 7.80. The average molecular weight is 470 g/mol. The van der Waals surface area contributed by atoms with Gasteiger partial charge in [0.15, 0.2) is 5.11 Å². The molecule has 2 aliphatic heterocycles. The van der Waals surface area contributed by atoms with Crippen LogP contribution in [0.25, 0.3) is 0 Å². The summed E-state index contributed by atoms with van der Waals surface area (Å²) in [6, 6.07) is 15.1. The lowest BCUT2D eigenvalue weighted by atomic mass is 10.0. The number of hydrogen-bond acceptors (Lipinski definition) is 4. The van der Waals surface area contributed by atoms with Crippen LogP contribution in [0.4, 0.5) is 5.69 Å². The Kier molecular flexibility index (Phi) is 6.43. The van der Waals surface area contributed by atoms with Crippen molar-refractivity contribution in [1.82, 2.24) is 15.1 Å². The summed E-state index contributed by atoms with van der Waals surface area (Å²) in [5.41, 5.74) is 3.06. The van der Waals surface area contributed by atoms with Gasteiger partial charge in [0.2, 0.25) is 12.1 Å². The predicted molar refractivity (Wildman–Crippen MR) is 130 cm³/mol. The van der Waals surface area contributed by atoms with E-state index in [0.29, 0.717) is 42.0 Å². The van der Waals surface area contributed by atoms with E-state index in [1.165, 1.54) is 0 Å². The molecule has 0 bridgehead atoms. The van der Waals surface area contributed by atoms with Gasteiger partial charge in [-0.25, -0.2) is 4.99 Å². The molecule has 1 saturated heterocycles. The van der Waals surface area contributed by atoms with Gasteiger partial charge in [-0.3, -0.25) is 9.59 Å². The van der Waals surface area contributed by atoms with Crippen molar-refractivity contribution in [1.29, 1.82) is 0 Å². The van der Waals surface area contributed by atoms with Gasteiger partial charge in [-0.05, 0) is 30.4 Å². The zero-order chi connectivity index (χ0) is 22.8. The second kappa shape index (κ2) is 9.26. The van der Waals surface area contributed by atoms with E-state index < -0.39 is 6.17 Å². The molecule has 0 radical (unpaired) electrons. The van der Waals surface area contributed by atoms with E-state index in [-0.39, 0.29) is 11.8 Å². The van der Waals surface area contributed by atoms with Crippen LogP contribution in [-0.4, -0.2) is 71.8 Å².